The minimum Gasteiger partial charge on any atom is -0.489 e. The Morgan fingerprint density at radius 2 is 0.816 bits per heavy atom. The van der Waals surface area contributed by atoms with Gasteiger partial charge in [-0.15, -0.1) is 0 Å². The Kier molecular flexibility index (Phi) is 6.17. The van der Waals surface area contributed by atoms with Crippen molar-refractivity contribution in [3.05, 3.63) is 125 Å². The van der Waals surface area contributed by atoms with E-state index in [1.165, 1.54) is 16.7 Å². The van der Waals surface area contributed by atoms with Crippen LogP contribution >= 0.6 is 0 Å². The molecule has 0 aliphatic carbocycles. The Balaban J connectivity index is 1.47. The molecule has 4 heteroatoms. The van der Waals surface area contributed by atoms with Crippen LogP contribution in [0.15, 0.2) is 103 Å². The van der Waals surface area contributed by atoms with E-state index in [4.69, 9.17) is 14.0 Å². The second-order valence-electron chi connectivity index (χ2n) is 9.88. The van der Waals surface area contributed by atoms with Crippen LogP contribution in [0.5, 0.6) is 17.2 Å². The summed E-state index contributed by atoms with van der Waals surface area (Å²) in [6, 6.07) is 35.1. The van der Waals surface area contributed by atoms with Gasteiger partial charge in [0.05, 0.1) is 0 Å². The van der Waals surface area contributed by atoms with E-state index in [0.29, 0.717) is 11.5 Å². The summed E-state index contributed by atoms with van der Waals surface area (Å²) in [5.74, 6) is 2.17. The fourth-order valence-corrected chi connectivity index (χ4v) is 5.29. The molecule has 0 saturated heterocycles. The molecule has 0 bridgehead atoms. The number of hydrogen-bond donors (Lipinski definition) is 0. The molecule has 6 aromatic rings. The van der Waals surface area contributed by atoms with E-state index in [2.05, 4.69) is 88.4 Å². The highest BCUT2D eigenvalue weighted by molar-refractivity contribution is 6.40. The summed E-state index contributed by atoms with van der Waals surface area (Å²) >= 11 is 0. The Labute approximate surface area is 223 Å². The van der Waals surface area contributed by atoms with Gasteiger partial charge in [-0.3, -0.25) is 0 Å². The van der Waals surface area contributed by atoms with Gasteiger partial charge in [0.1, 0.15) is 17.2 Å². The first-order valence-corrected chi connectivity index (χ1v) is 13.0. The van der Waals surface area contributed by atoms with Crippen LogP contribution in [0.25, 0.3) is 32.3 Å². The van der Waals surface area contributed by atoms with Crippen molar-refractivity contribution in [1.82, 2.24) is 0 Å². The first-order valence-electron chi connectivity index (χ1n) is 13.0. The fourth-order valence-electron chi connectivity index (χ4n) is 5.29. The van der Waals surface area contributed by atoms with E-state index in [-0.39, 0.29) is 0 Å². The summed E-state index contributed by atoms with van der Waals surface area (Å²) in [4.78, 5) is 0. The largest absolute Gasteiger partial charge is 0.864 e. The van der Waals surface area contributed by atoms with Gasteiger partial charge in [-0.1, -0.05) is 91.0 Å². The Hall–Kier alpha value is -4.44. The molecule has 3 nitrogen and oxygen atoms in total. The average molecular weight is 496 g/mol. The zero-order chi connectivity index (χ0) is 26.2. The minimum atomic E-state index is -1.02. The second-order valence-corrected chi connectivity index (χ2v) is 9.88. The van der Waals surface area contributed by atoms with Gasteiger partial charge in [0.2, 0.25) is 0 Å². The summed E-state index contributed by atoms with van der Waals surface area (Å²) < 4.78 is 19.8. The van der Waals surface area contributed by atoms with Crippen molar-refractivity contribution in [3.8, 4) is 17.2 Å². The highest BCUT2D eigenvalue weighted by Gasteiger charge is 2.33. The molecular formula is C34H29BO3. The normalized spacial score (nSPS) is 11.2. The van der Waals surface area contributed by atoms with Gasteiger partial charge in [0, 0.05) is 16.2 Å². The Morgan fingerprint density at radius 3 is 1.32 bits per heavy atom. The molecule has 0 aliphatic rings. The number of rotatable bonds is 6. The van der Waals surface area contributed by atoms with Crippen molar-refractivity contribution in [3.63, 3.8) is 0 Å². The Morgan fingerprint density at radius 1 is 0.395 bits per heavy atom. The van der Waals surface area contributed by atoms with Crippen LogP contribution in [0.4, 0.5) is 0 Å². The fraction of sp³-hybridized carbons (Fsp3) is 0.118. The number of benzene rings is 6. The molecule has 0 amide bonds. The van der Waals surface area contributed by atoms with Crippen LogP contribution in [0, 0.1) is 27.7 Å². The van der Waals surface area contributed by atoms with Gasteiger partial charge in [-0.2, -0.15) is 0 Å². The van der Waals surface area contributed by atoms with E-state index in [1.54, 1.807) is 0 Å². The van der Waals surface area contributed by atoms with Gasteiger partial charge in [0.25, 0.3) is 0 Å². The molecule has 38 heavy (non-hydrogen) atoms. The molecule has 0 spiro atoms. The lowest BCUT2D eigenvalue weighted by Gasteiger charge is -2.21. The SMILES string of the molecule is Cc1cc(C)c2ccccc2c1OB(Oc1ccc(C)c2ccccc12)Oc1ccc(C)c2ccccc12. The topological polar surface area (TPSA) is 27.7 Å². The van der Waals surface area contributed by atoms with Crippen LogP contribution in [0.2, 0.25) is 0 Å². The van der Waals surface area contributed by atoms with Crippen molar-refractivity contribution in [2.75, 3.05) is 0 Å². The van der Waals surface area contributed by atoms with Crippen LogP contribution in [-0.2, 0) is 0 Å². The zero-order valence-electron chi connectivity index (χ0n) is 22.1. The molecule has 0 fully saturated rings. The van der Waals surface area contributed by atoms with Crippen molar-refractivity contribution < 1.29 is 14.0 Å². The van der Waals surface area contributed by atoms with Gasteiger partial charge in [0.15, 0.2) is 0 Å². The number of fused-ring (bicyclic) bond motifs is 3. The smallest absolute Gasteiger partial charge is 0.489 e. The maximum absolute atomic E-state index is 6.64. The molecule has 0 aliphatic heterocycles. The molecule has 0 heterocycles. The third kappa shape index (κ3) is 4.33. The van der Waals surface area contributed by atoms with Crippen LogP contribution < -0.4 is 14.0 Å². The summed E-state index contributed by atoms with van der Waals surface area (Å²) in [7, 11) is -1.02. The molecule has 0 N–H and O–H groups in total. The number of aryl methyl sites for hydroxylation is 4. The summed E-state index contributed by atoms with van der Waals surface area (Å²) in [6.45, 7) is 8.41. The van der Waals surface area contributed by atoms with Crippen molar-refractivity contribution in [2.45, 2.75) is 27.7 Å². The highest BCUT2D eigenvalue weighted by Crippen LogP contribution is 2.35. The molecule has 0 unspecified atom stereocenters. The molecule has 0 saturated carbocycles. The van der Waals surface area contributed by atoms with Crippen LogP contribution in [0.3, 0.4) is 0 Å². The molecular weight excluding hydrogens is 467 g/mol. The third-order valence-corrected chi connectivity index (χ3v) is 7.25. The molecule has 186 valence electrons. The molecule has 0 radical (unpaired) electrons. The van der Waals surface area contributed by atoms with Crippen molar-refractivity contribution in [1.29, 1.82) is 0 Å². The lowest BCUT2D eigenvalue weighted by atomic mass is 10.00. The quantitative estimate of drug-likeness (QED) is 0.216. The van der Waals surface area contributed by atoms with Gasteiger partial charge >= 0.3 is 7.32 Å². The lowest BCUT2D eigenvalue weighted by Crippen LogP contribution is -2.37. The Bertz CT molecular complexity index is 1720. The van der Waals surface area contributed by atoms with E-state index < -0.39 is 7.32 Å². The van der Waals surface area contributed by atoms with Crippen LogP contribution in [-0.4, -0.2) is 7.32 Å². The average Bonchev–Trinajstić information content (AvgIpc) is 2.94. The first-order chi connectivity index (χ1) is 18.5. The zero-order valence-corrected chi connectivity index (χ0v) is 22.1. The molecule has 6 aromatic carbocycles. The maximum atomic E-state index is 6.64. The first kappa shape index (κ1) is 23.9. The summed E-state index contributed by atoms with van der Waals surface area (Å²) in [5.41, 5.74) is 4.62. The van der Waals surface area contributed by atoms with Crippen LogP contribution in [0.1, 0.15) is 22.3 Å². The molecule has 6 rings (SSSR count). The van der Waals surface area contributed by atoms with Crippen molar-refractivity contribution in [2.24, 2.45) is 0 Å². The van der Waals surface area contributed by atoms with E-state index in [0.717, 1.165) is 43.6 Å². The predicted molar refractivity (Wildman–Crippen MR) is 158 cm³/mol. The molecule has 0 aromatic heterocycles. The second kappa shape index (κ2) is 9.79. The molecule has 0 atom stereocenters. The van der Waals surface area contributed by atoms with E-state index in [1.807, 2.05) is 42.5 Å². The monoisotopic (exact) mass is 496 g/mol. The highest BCUT2D eigenvalue weighted by atomic mass is 16.7. The van der Waals surface area contributed by atoms with E-state index >= 15 is 0 Å². The maximum Gasteiger partial charge on any atom is 0.864 e. The van der Waals surface area contributed by atoms with Gasteiger partial charge in [-0.05, 0) is 78.2 Å². The predicted octanol–water partition coefficient (Wildman–Crippen LogP) is 8.90. The summed E-state index contributed by atoms with van der Waals surface area (Å²) in [5, 5.41) is 6.49. The standard InChI is InChI=1S/C34H29BO3/c1-22-17-19-32(29-14-8-5-11-26(22)29)36-35(37-33-20-18-23(2)27-12-6-9-15-30(27)33)38-34-25(4)21-24(3)28-13-7-10-16-31(28)34/h5-21H,1-4H3. The lowest BCUT2D eigenvalue weighted by molar-refractivity contribution is 0.311. The minimum absolute atomic E-state index is 0.710. The van der Waals surface area contributed by atoms with Crippen molar-refractivity contribution >= 4 is 39.6 Å². The third-order valence-electron chi connectivity index (χ3n) is 7.25. The number of hydrogen-bond acceptors (Lipinski definition) is 3. The van der Waals surface area contributed by atoms with Gasteiger partial charge in [-0.25, -0.2) is 0 Å². The van der Waals surface area contributed by atoms with Gasteiger partial charge < -0.3 is 14.0 Å². The van der Waals surface area contributed by atoms with E-state index in [9.17, 15) is 0 Å². The summed E-state index contributed by atoms with van der Waals surface area (Å²) in [6.07, 6.45) is 0.